The fourth-order valence-corrected chi connectivity index (χ4v) is 3.80. The Hall–Kier alpha value is -2.70. The van der Waals surface area contributed by atoms with Crippen molar-refractivity contribution in [3.05, 3.63) is 39.8 Å². The van der Waals surface area contributed by atoms with Crippen molar-refractivity contribution in [2.45, 2.75) is 54.0 Å². The van der Waals surface area contributed by atoms with E-state index in [0.717, 1.165) is 24.2 Å². The van der Waals surface area contributed by atoms with Crippen molar-refractivity contribution in [1.82, 2.24) is 0 Å². The largest absolute Gasteiger partial charge is 0.369 e. The standard InChI is InChI=1S/C22H27N5S/c1-14(2)9-10-27(15(3)4)18-7-8-20(16(5)11-18)25-26-22-19(12-23)17(6)21(13-24)28-22/h7-8,11,14-15H,9-10H2,1-6H3. The Morgan fingerprint density at radius 1 is 1.07 bits per heavy atom. The average molecular weight is 394 g/mol. The Labute approximate surface area is 171 Å². The van der Waals surface area contributed by atoms with Crippen molar-refractivity contribution in [3.8, 4) is 12.1 Å². The van der Waals surface area contributed by atoms with Crippen LogP contribution >= 0.6 is 11.3 Å². The Kier molecular flexibility index (Phi) is 7.31. The van der Waals surface area contributed by atoms with Crippen molar-refractivity contribution in [1.29, 1.82) is 10.5 Å². The molecular weight excluding hydrogens is 366 g/mol. The molecule has 2 aromatic rings. The van der Waals surface area contributed by atoms with E-state index < -0.39 is 0 Å². The van der Waals surface area contributed by atoms with E-state index >= 15 is 0 Å². The van der Waals surface area contributed by atoms with Crippen molar-refractivity contribution in [2.75, 3.05) is 11.4 Å². The maximum atomic E-state index is 9.34. The van der Waals surface area contributed by atoms with Crippen LogP contribution in [0.3, 0.4) is 0 Å². The fraction of sp³-hybridized carbons (Fsp3) is 0.455. The summed E-state index contributed by atoms with van der Waals surface area (Å²) in [6.45, 7) is 13.7. The molecule has 146 valence electrons. The molecule has 6 heteroatoms. The molecule has 0 saturated carbocycles. The highest BCUT2D eigenvalue weighted by Crippen LogP contribution is 2.36. The lowest BCUT2D eigenvalue weighted by Gasteiger charge is -2.30. The highest BCUT2D eigenvalue weighted by molar-refractivity contribution is 7.16. The summed E-state index contributed by atoms with van der Waals surface area (Å²) in [6, 6.07) is 10.8. The normalized spacial score (nSPS) is 11.2. The molecule has 5 nitrogen and oxygen atoms in total. The molecule has 0 saturated heterocycles. The maximum absolute atomic E-state index is 9.34. The van der Waals surface area contributed by atoms with E-state index in [-0.39, 0.29) is 0 Å². The highest BCUT2D eigenvalue weighted by atomic mass is 32.1. The summed E-state index contributed by atoms with van der Waals surface area (Å²) < 4.78 is 0. The summed E-state index contributed by atoms with van der Waals surface area (Å²) in [5.41, 5.74) is 4.09. The van der Waals surface area contributed by atoms with E-state index in [9.17, 15) is 5.26 Å². The third-order valence-corrected chi connectivity index (χ3v) is 5.75. The van der Waals surface area contributed by atoms with Gasteiger partial charge in [0.15, 0.2) is 5.00 Å². The summed E-state index contributed by atoms with van der Waals surface area (Å²) in [4.78, 5) is 2.92. The third-order valence-electron chi connectivity index (χ3n) is 4.67. The Balaban J connectivity index is 2.29. The first-order valence-electron chi connectivity index (χ1n) is 9.51. The van der Waals surface area contributed by atoms with Crippen LogP contribution in [0.4, 0.5) is 16.4 Å². The lowest BCUT2D eigenvalue weighted by Crippen LogP contribution is -2.32. The summed E-state index contributed by atoms with van der Waals surface area (Å²) >= 11 is 1.20. The van der Waals surface area contributed by atoms with Gasteiger partial charge in [-0.1, -0.05) is 13.8 Å². The van der Waals surface area contributed by atoms with Gasteiger partial charge in [-0.05, 0) is 69.4 Å². The monoisotopic (exact) mass is 393 g/mol. The molecule has 0 N–H and O–H groups in total. The number of hydrogen-bond acceptors (Lipinski definition) is 6. The fourth-order valence-electron chi connectivity index (χ4n) is 2.92. The van der Waals surface area contributed by atoms with Crippen LogP contribution in [-0.2, 0) is 0 Å². The van der Waals surface area contributed by atoms with Crippen molar-refractivity contribution >= 4 is 27.7 Å². The number of anilines is 1. The lowest BCUT2D eigenvalue weighted by molar-refractivity contribution is 0.551. The minimum atomic E-state index is 0.419. The average Bonchev–Trinajstić information content (AvgIpc) is 2.95. The van der Waals surface area contributed by atoms with Crippen LogP contribution < -0.4 is 4.90 Å². The molecule has 2 rings (SSSR count). The smallest absolute Gasteiger partial charge is 0.158 e. The van der Waals surface area contributed by atoms with Crippen molar-refractivity contribution in [3.63, 3.8) is 0 Å². The molecule has 0 aliphatic rings. The van der Waals surface area contributed by atoms with Gasteiger partial charge in [0.1, 0.15) is 17.0 Å². The quantitative estimate of drug-likeness (QED) is 0.486. The van der Waals surface area contributed by atoms with Crippen LogP contribution in [0.25, 0.3) is 0 Å². The first kappa shape index (κ1) is 21.6. The van der Waals surface area contributed by atoms with Crippen molar-refractivity contribution < 1.29 is 0 Å². The molecule has 28 heavy (non-hydrogen) atoms. The lowest BCUT2D eigenvalue weighted by atomic mass is 10.1. The molecule has 0 fully saturated rings. The second kappa shape index (κ2) is 9.48. The number of benzene rings is 1. The highest BCUT2D eigenvalue weighted by Gasteiger charge is 2.15. The zero-order valence-corrected chi connectivity index (χ0v) is 18.3. The number of azo groups is 1. The Bertz CT molecular complexity index is 941. The van der Waals surface area contributed by atoms with Gasteiger partial charge in [-0.15, -0.1) is 21.6 Å². The molecule has 0 atom stereocenters. The molecular formula is C22H27N5S. The second-order valence-electron chi connectivity index (χ2n) is 7.60. The SMILES string of the molecule is Cc1cc(N(CCC(C)C)C(C)C)ccc1N=Nc1sc(C#N)c(C)c1C#N. The zero-order chi connectivity index (χ0) is 20.8. The predicted molar refractivity (Wildman–Crippen MR) is 116 cm³/mol. The molecule has 1 heterocycles. The van der Waals surface area contributed by atoms with E-state index in [4.69, 9.17) is 5.26 Å². The Morgan fingerprint density at radius 2 is 1.79 bits per heavy atom. The first-order valence-corrected chi connectivity index (χ1v) is 10.3. The van der Waals surface area contributed by atoms with E-state index in [1.165, 1.54) is 17.0 Å². The summed E-state index contributed by atoms with van der Waals surface area (Å²) in [5.74, 6) is 0.664. The number of rotatable bonds is 7. The van der Waals surface area contributed by atoms with Gasteiger partial charge < -0.3 is 4.90 Å². The summed E-state index contributed by atoms with van der Waals surface area (Å²) in [7, 11) is 0. The number of aryl methyl sites for hydroxylation is 1. The van der Waals surface area contributed by atoms with Crippen LogP contribution in [0.2, 0.25) is 0 Å². The van der Waals surface area contributed by atoms with Crippen LogP contribution in [0, 0.1) is 42.4 Å². The second-order valence-corrected chi connectivity index (χ2v) is 8.60. The van der Waals surface area contributed by atoms with Crippen molar-refractivity contribution in [2.24, 2.45) is 16.1 Å². The minimum Gasteiger partial charge on any atom is -0.369 e. The van der Waals surface area contributed by atoms with Gasteiger partial charge in [0.25, 0.3) is 0 Å². The van der Waals surface area contributed by atoms with Gasteiger partial charge in [-0.2, -0.15) is 10.5 Å². The molecule has 1 aromatic heterocycles. The summed E-state index contributed by atoms with van der Waals surface area (Å²) in [5, 5.41) is 27.6. The third kappa shape index (κ3) is 4.97. The van der Waals surface area contributed by atoms with Gasteiger partial charge in [0, 0.05) is 18.3 Å². The van der Waals surface area contributed by atoms with Gasteiger partial charge in [0.2, 0.25) is 0 Å². The van der Waals surface area contributed by atoms with Crippen LogP contribution in [-0.4, -0.2) is 12.6 Å². The molecule has 0 amide bonds. The van der Waals surface area contributed by atoms with Crippen LogP contribution in [0.1, 0.15) is 55.7 Å². The summed E-state index contributed by atoms with van der Waals surface area (Å²) in [6.07, 6.45) is 1.15. The molecule has 1 aromatic carbocycles. The topological polar surface area (TPSA) is 75.5 Å². The molecule has 0 radical (unpaired) electrons. The van der Waals surface area contributed by atoms with E-state index in [2.05, 4.69) is 67.1 Å². The molecule has 0 spiro atoms. The van der Waals surface area contributed by atoms with Gasteiger partial charge in [-0.25, -0.2) is 0 Å². The Morgan fingerprint density at radius 3 is 2.32 bits per heavy atom. The number of hydrogen-bond donors (Lipinski definition) is 0. The van der Waals surface area contributed by atoms with Crippen LogP contribution in [0.5, 0.6) is 0 Å². The van der Waals surface area contributed by atoms with E-state index in [1.54, 1.807) is 6.92 Å². The molecule has 0 bridgehead atoms. The van der Waals surface area contributed by atoms with E-state index in [1.807, 2.05) is 13.0 Å². The van der Waals surface area contributed by atoms with Gasteiger partial charge >= 0.3 is 0 Å². The number of thiophene rings is 1. The van der Waals surface area contributed by atoms with Gasteiger partial charge in [0.05, 0.1) is 11.3 Å². The predicted octanol–water partition coefficient (Wildman–Crippen LogP) is 6.78. The maximum Gasteiger partial charge on any atom is 0.158 e. The van der Waals surface area contributed by atoms with Crippen LogP contribution in [0.15, 0.2) is 28.4 Å². The van der Waals surface area contributed by atoms with Gasteiger partial charge in [-0.3, -0.25) is 0 Å². The molecule has 0 aliphatic heterocycles. The number of nitriles is 2. The number of nitrogens with zero attached hydrogens (tertiary/aromatic N) is 5. The minimum absolute atomic E-state index is 0.419. The van der Waals surface area contributed by atoms with E-state index in [0.29, 0.717) is 33.0 Å². The first-order chi connectivity index (χ1) is 13.3. The molecule has 0 unspecified atom stereocenters. The molecule has 0 aliphatic carbocycles. The zero-order valence-electron chi connectivity index (χ0n) is 17.4.